The first kappa shape index (κ1) is 13.4. The van der Waals surface area contributed by atoms with Crippen LogP contribution in [0.4, 0.5) is 5.69 Å². The van der Waals surface area contributed by atoms with E-state index < -0.39 is 5.97 Å². The number of carbonyl (C=O) groups is 2. The second kappa shape index (κ2) is 5.09. The predicted octanol–water partition coefficient (Wildman–Crippen LogP) is 2.24. The van der Waals surface area contributed by atoms with Crippen LogP contribution in [-0.2, 0) is 11.8 Å². The molecule has 0 radical (unpaired) electrons. The molecule has 1 atom stereocenters. The number of carboxylic acids is 1. The molecule has 0 saturated carbocycles. The molecule has 1 N–H and O–H groups in total. The SMILES string of the molecule is Cn1cccc1C(=O)N1CC(CC(=O)O)c2ccccc21. The monoisotopic (exact) mass is 284 g/mol. The highest BCUT2D eigenvalue weighted by Crippen LogP contribution is 2.38. The first-order valence-electron chi connectivity index (χ1n) is 6.82. The molecule has 0 bridgehead atoms. The van der Waals surface area contributed by atoms with Crippen LogP contribution in [0.3, 0.4) is 0 Å². The van der Waals surface area contributed by atoms with Crippen molar-refractivity contribution >= 4 is 17.6 Å². The van der Waals surface area contributed by atoms with E-state index in [-0.39, 0.29) is 18.2 Å². The molecule has 0 spiro atoms. The van der Waals surface area contributed by atoms with E-state index in [2.05, 4.69) is 0 Å². The Morgan fingerprint density at radius 2 is 2.00 bits per heavy atom. The molecule has 2 heterocycles. The number of amides is 1. The number of para-hydroxylation sites is 1. The Morgan fingerprint density at radius 3 is 2.67 bits per heavy atom. The van der Waals surface area contributed by atoms with Gasteiger partial charge in [-0.15, -0.1) is 0 Å². The molecule has 5 heteroatoms. The molecule has 1 aliphatic rings. The quantitative estimate of drug-likeness (QED) is 0.940. The Labute approximate surface area is 122 Å². The van der Waals surface area contributed by atoms with Crippen molar-refractivity contribution in [2.75, 3.05) is 11.4 Å². The molecule has 0 fully saturated rings. The van der Waals surface area contributed by atoms with Gasteiger partial charge in [0.2, 0.25) is 0 Å². The lowest BCUT2D eigenvalue weighted by Crippen LogP contribution is -2.31. The van der Waals surface area contributed by atoms with E-state index in [9.17, 15) is 9.59 Å². The van der Waals surface area contributed by atoms with Gasteiger partial charge in [-0.1, -0.05) is 18.2 Å². The lowest BCUT2D eigenvalue weighted by Gasteiger charge is -2.18. The molecular weight excluding hydrogens is 268 g/mol. The van der Waals surface area contributed by atoms with Crippen LogP contribution in [0.5, 0.6) is 0 Å². The van der Waals surface area contributed by atoms with Crippen LogP contribution in [0.2, 0.25) is 0 Å². The molecule has 1 amide bonds. The van der Waals surface area contributed by atoms with E-state index in [1.807, 2.05) is 43.6 Å². The molecule has 3 rings (SSSR count). The maximum atomic E-state index is 12.7. The Morgan fingerprint density at radius 1 is 1.24 bits per heavy atom. The minimum Gasteiger partial charge on any atom is -0.481 e. The number of anilines is 1. The van der Waals surface area contributed by atoms with E-state index in [1.54, 1.807) is 15.5 Å². The van der Waals surface area contributed by atoms with Gasteiger partial charge in [0.1, 0.15) is 5.69 Å². The number of rotatable bonds is 3. The summed E-state index contributed by atoms with van der Waals surface area (Å²) in [5.74, 6) is -1.09. The maximum absolute atomic E-state index is 12.7. The van der Waals surface area contributed by atoms with Gasteiger partial charge in [0.05, 0.1) is 6.42 Å². The molecule has 0 saturated heterocycles. The molecule has 1 aromatic heterocycles. The maximum Gasteiger partial charge on any atom is 0.304 e. The second-order valence-electron chi connectivity index (χ2n) is 5.27. The van der Waals surface area contributed by atoms with Crippen molar-refractivity contribution in [3.8, 4) is 0 Å². The largest absolute Gasteiger partial charge is 0.481 e. The fourth-order valence-corrected chi connectivity index (χ4v) is 2.89. The van der Waals surface area contributed by atoms with Crippen LogP contribution in [0.1, 0.15) is 28.4 Å². The Bertz CT molecular complexity index is 705. The van der Waals surface area contributed by atoms with Gasteiger partial charge in [-0.25, -0.2) is 0 Å². The first-order chi connectivity index (χ1) is 10.1. The zero-order valence-electron chi connectivity index (χ0n) is 11.7. The first-order valence-corrected chi connectivity index (χ1v) is 6.82. The number of nitrogens with zero attached hydrogens (tertiary/aromatic N) is 2. The van der Waals surface area contributed by atoms with Gasteiger partial charge in [-0.3, -0.25) is 9.59 Å². The van der Waals surface area contributed by atoms with Crippen molar-refractivity contribution in [1.82, 2.24) is 4.57 Å². The third-order valence-corrected chi connectivity index (χ3v) is 3.90. The van der Waals surface area contributed by atoms with Crippen molar-refractivity contribution in [2.45, 2.75) is 12.3 Å². The van der Waals surface area contributed by atoms with Crippen LogP contribution < -0.4 is 4.90 Å². The minimum atomic E-state index is -0.844. The lowest BCUT2D eigenvalue weighted by atomic mass is 9.98. The standard InChI is InChI=1S/C16H16N2O3/c1-17-8-4-7-14(17)16(21)18-10-11(9-15(19)20)12-5-2-3-6-13(12)18/h2-8,11H,9-10H2,1H3,(H,19,20). The second-order valence-corrected chi connectivity index (χ2v) is 5.27. The van der Waals surface area contributed by atoms with Crippen molar-refractivity contribution in [3.63, 3.8) is 0 Å². The Kier molecular flexibility index (Phi) is 3.25. The van der Waals surface area contributed by atoms with Crippen LogP contribution in [0, 0.1) is 0 Å². The van der Waals surface area contributed by atoms with Gasteiger partial charge in [-0.2, -0.15) is 0 Å². The minimum absolute atomic E-state index is 0.0356. The fraction of sp³-hybridized carbons (Fsp3) is 0.250. The number of aryl methyl sites for hydroxylation is 1. The molecule has 108 valence electrons. The van der Waals surface area contributed by atoms with E-state index >= 15 is 0 Å². The third kappa shape index (κ3) is 2.31. The van der Waals surface area contributed by atoms with Crippen molar-refractivity contribution < 1.29 is 14.7 Å². The summed E-state index contributed by atoms with van der Waals surface area (Å²) in [6, 6.07) is 11.1. The van der Waals surface area contributed by atoms with Gasteiger partial charge < -0.3 is 14.6 Å². The van der Waals surface area contributed by atoms with Crippen LogP contribution in [-0.4, -0.2) is 28.1 Å². The Balaban J connectivity index is 1.96. The summed E-state index contributed by atoms with van der Waals surface area (Å²) in [6.07, 6.45) is 1.86. The van der Waals surface area contributed by atoms with Gasteiger partial charge in [-0.05, 0) is 23.8 Å². The zero-order chi connectivity index (χ0) is 15.0. The molecule has 2 aromatic rings. The van der Waals surface area contributed by atoms with Crippen molar-refractivity contribution in [3.05, 3.63) is 53.9 Å². The average Bonchev–Trinajstić information content (AvgIpc) is 3.02. The number of aliphatic carboxylic acids is 1. The number of hydrogen-bond acceptors (Lipinski definition) is 2. The number of hydrogen-bond donors (Lipinski definition) is 1. The predicted molar refractivity (Wildman–Crippen MR) is 78.5 cm³/mol. The molecule has 21 heavy (non-hydrogen) atoms. The smallest absolute Gasteiger partial charge is 0.304 e. The van der Waals surface area contributed by atoms with E-state index in [1.165, 1.54) is 0 Å². The molecular formula is C16H16N2O3. The molecule has 1 aliphatic heterocycles. The summed E-state index contributed by atoms with van der Waals surface area (Å²) in [5, 5.41) is 9.04. The Hall–Kier alpha value is -2.56. The van der Waals surface area contributed by atoms with E-state index in [0.29, 0.717) is 12.2 Å². The number of fused-ring (bicyclic) bond motifs is 1. The fourth-order valence-electron chi connectivity index (χ4n) is 2.89. The topological polar surface area (TPSA) is 62.5 Å². The normalized spacial score (nSPS) is 16.8. The van der Waals surface area contributed by atoms with Crippen molar-refractivity contribution in [1.29, 1.82) is 0 Å². The van der Waals surface area contributed by atoms with E-state index in [0.717, 1.165) is 11.3 Å². The van der Waals surface area contributed by atoms with Gasteiger partial charge >= 0.3 is 5.97 Å². The lowest BCUT2D eigenvalue weighted by molar-refractivity contribution is -0.137. The number of aromatic nitrogens is 1. The third-order valence-electron chi connectivity index (χ3n) is 3.90. The van der Waals surface area contributed by atoms with Crippen molar-refractivity contribution in [2.24, 2.45) is 7.05 Å². The summed E-state index contributed by atoms with van der Waals surface area (Å²) in [6.45, 7) is 0.412. The molecule has 0 aliphatic carbocycles. The average molecular weight is 284 g/mol. The van der Waals surface area contributed by atoms with Crippen LogP contribution >= 0.6 is 0 Å². The summed E-state index contributed by atoms with van der Waals surface area (Å²) >= 11 is 0. The zero-order valence-corrected chi connectivity index (χ0v) is 11.7. The van der Waals surface area contributed by atoms with Gasteiger partial charge in [0.25, 0.3) is 5.91 Å². The number of benzene rings is 1. The highest BCUT2D eigenvalue weighted by Gasteiger charge is 2.34. The summed E-state index contributed by atoms with van der Waals surface area (Å²) in [4.78, 5) is 25.4. The van der Waals surface area contributed by atoms with Gasteiger partial charge in [0.15, 0.2) is 0 Å². The number of carboxylic acid groups (broad SMARTS) is 1. The van der Waals surface area contributed by atoms with Crippen LogP contribution in [0.25, 0.3) is 0 Å². The summed E-state index contributed by atoms with van der Waals surface area (Å²) in [7, 11) is 1.82. The molecule has 1 aromatic carbocycles. The summed E-state index contributed by atoms with van der Waals surface area (Å²) in [5.41, 5.74) is 2.35. The summed E-state index contributed by atoms with van der Waals surface area (Å²) < 4.78 is 1.77. The highest BCUT2D eigenvalue weighted by molar-refractivity contribution is 6.06. The van der Waals surface area contributed by atoms with Crippen LogP contribution in [0.15, 0.2) is 42.6 Å². The molecule has 1 unspecified atom stereocenters. The number of carbonyl (C=O) groups excluding carboxylic acids is 1. The van der Waals surface area contributed by atoms with Gasteiger partial charge in [0, 0.05) is 31.4 Å². The van der Waals surface area contributed by atoms with E-state index in [4.69, 9.17) is 5.11 Å². The highest BCUT2D eigenvalue weighted by atomic mass is 16.4. The molecule has 5 nitrogen and oxygen atoms in total.